The van der Waals surface area contributed by atoms with E-state index in [0.717, 1.165) is 55.9 Å². The molecule has 0 saturated carbocycles. The number of benzene rings is 3. The predicted octanol–water partition coefficient (Wildman–Crippen LogP) is 7.89. The van der Waals surface area contributed by atoms with Gasteiger partial charge in [-0.3, -0.25) is 0 Å². The second kappa shape index (κ2) is 10.8. The van der Waals surface area contributed by atoms with E-state index in [2.05, 4.69) is 11.7 Å². The Balaban J connectivity index is 1.73. The van der Waals surface area contributed by atoms with Crippen molar-refractivity contribution in [3.63, 3.8) is 0 Å². The molecule has 182 valence electrons. The molecule has 3 aromatic rings. The highest BCUT2D eigenvalue weighted by molar-refractivity contribution is 5.92. The summed E-state index contributed by atoms with van der Waals surface area (Å²) in [6.45, 7) is 2.12. The van der Waals surface area contributed by atoms with Crippen molar-refractivity contribution >= 4 is 16.7 Å². The molecule has 0 radical (unpaired) electrons. The van der Waals surface area contributed by atoms with Crippen LogP contribution < -0.4 is 9.47 Å². The maximum absolute atomic E-state index is 14.5. The molecule has 0 aromatic heterocycles. The number of fused-ring (bicyclic) bond motifs is 1. The van der Waals surface area contributed by atoms with Gasteiger partial charge < -0.3 is 9.47 Å². The summed E-state index contributed by atoms with van der Waals surface area (Å²) in [5.74, 6) is -6.67. The van der Waals surface area contributed by atoms with Gasteiger partial charge in [0.2, 0.25) is 5.75 Å². The molecule has 34 heavy (non-hydrogen) atoms. The number of unbranched alkanes of at least 4 members (excludes halogenated alkanes) is 4. The van der Waals surface area contributed by atoms with Crippen LogP contribution in [0.25, 0.3) is 10.8 Å². The van der Waals surface area contributed by atoms with Crippen molar-refractivity contribution in [2.24, 2.45) is 0 Å². The van der Waals surface area contributed by atoms with Crippen molar-refractivity contribution in [3.8, 4) is 11.5 Å². The molecule has 0 aliphatic heterocycles. The molecule has 3 nitrogen and oxygen atoms in total. The average Bonchev–Trinajstić information content (AvgIpc) is 2.75. The molecule has 0 saturated heterocycles. The molecule has 0 unspecified atom stereocenters. The molecular formula is C25H22F6O3. The van der Waals surface area contributed by atoms with Crippen LogP contribution in [0.2, 0.25) is 0 Å². The molecular weight excluding hydrogens is 462 g/mol. The fraction of sp³-hybridized carbons (Fsp3) is 0.320. The summed E-state index contributed by atoms with van der Waals surface area (Å²) in [6, 6.07) is 7.98. The van der Waals surface area contributed by atoms with Crippen molar-refractivity contribution in [1.29, 1.82) is 0 Å². The molecule has 0 fully saturated rings. The molecule has 0 atom stereocenters. The maximum Gasteiger partial charge on any atom is 0.573 e. The Labute approximate surface area is 192 Å². The SMILES string of the molecule is CCCCCCCc1ccc(C(=O)Oc2ccc3c(F)c(OC(F)(F)F)c(F)cc3c2)c(F)c1. The number of rotatable bonds is 9. The van der Waals surface area contributed by atoms with Crippen molar-refractivity contribution in [3.05, 3.63) is 71.0 Å². The van der Waals surface area contributed by atoms with Crippen LogP contribution in [0.5, 0.6) is 11.5 Å². The van der Waals surface area contributed by atoms with Crippen LogP contribution in [0.1, 0.15) is 54.9 Å². The monoisotopic (exact) mass is 484 g/mol. The van der Waals surface area contributed by atoms with E-state index < -0.39 is 35.5 Å². The summed E-state index contributed by atoms with van der Waals surface area (Å²) in [6.07, 6.45) is 0.724. The lowest BCUT2D eigenvalue weighted by Gasteiger charge is -2.13. The minimum Gasteiger partial charge on any atom is -0.423 e. The number of alkyl halides is 3. The predicted molar refractivity (Wildman–Crippen MR) is 114 cm³/mol. The van der Waals surface area contributed by atoms with Crippen molar-refractivity contribution in [2.45, 2.75) is 51.8 Å². The molecule has 0 N–H and O–H groups in total. The van der Waals surface area contributed by atoms with Crippen LogP contribution in [0.4, 0.5) is 26.3 Å². The van der Waals surface area contributed by atoms with E-state index in [1.54, 1.807) is 6.07 Å². The molecule has 0 aliphatic carbocycles. The quantitative estimate of drug-likeness (QED) is 0.134. The minimum atomic E-state index is -5.28. The van der Waals surface area contributed by atoms with Gasteiger partial charge in [0.15, 0.2) is 11.6 Å². The first kappa shape index (κ1) is 25.4. The van der Waals surface area contributed by atoms with Gasteiger partial charge in [0.25, 0.3) is 0 Å². The standard InChI is InChI=1S/C25H22F6O3/c1-2-3-4-5-6-7-15-8-10-19(20(26)12-15)24(32)33-17-9-11-18-16(13-17)14-21(27)23(22(18)28)34-25(29,30)31/h8-14H,2-7H2,1H3. The van der Waals surface area contributed by atoms with Crippen LogP contribution in [-0.2, 0) is 6.42 Å². The zero-order valence-electron chi connectivity index (χ0n) is 18.3. The van der Waals surface area contributed by atoms with E-state index >= 15 is 0 Å². The van der Waals surface area contributed by atoms with E-state index in [4.69, 9.17) is 4.74 Å². The number of hydrogen-bond acceptors (Lipinski definition) is 3. The fourth-order valence-electron chi connectivity index (χ4n) is 3.54. The Bertz CT molecular complexity index is 1170. The van der Waals surface area contributed by atoms with E-state index in [-0.39, 0.29) is 22.1 Å². The minimum absolute atomic E-state index is 0.166. The fourth-order valence-corrected chi connectivity index (χ4v) is 3.54. The number of halogens is 6. The van der Waals surface area contributed by atoms with Gasteiger partial charge in [0, 0.05) is 5.39 Å². The molecule has 3 rings (SSSR count). The summed E-state index contributed by atoms with van der Waals surface area (Å²) in [7, 11) is 0. The van der Waals surface area contributed by atoms with Crippen LogP contribution in [0.15, 0.2) is 42.5 Å². The van der Waals surface area contributed by atoms with Gasteiger partial charge in [0.05, 0.1) is 5.56 Å². The summed E-state index contributed by atoms with van der Waals surface area (Å²) in [5, 5.41) is -0.552. The second-order valence-corrected chi connectivity index (χ2v) is 7.80. The highest BCUT2D eigenvalue weighted by atomic mass is 19.4. The van der Waals surface area contributed by atoms with Crippen LogP contribution in [0.3, 0.4) is 0 Å². The Morgan fingerprint density at radius 1 is 0.882 bits per heavy atom. The summed E-state index contributed by atoms with van der Waals surface area (Å²) in [5.41, 5.74) is 0.431. The lowest BCUT2D eigenvalue weighted by Crippen LogP contribution is -2.19. The van der Waals surface area contributed by atoms with Gasteiger partial charge in [-0.05, 0) is 60.2 Å². The number of hydrogen-bond donors (Lipinski definition) is 0. The summed E-state index contributed by atoms with van der Waals surface area (Å²) < 4.78 is 88.5. The highest BCUT2D eigenvalue weighted by Gasteiger charge is 2.34. The number of ether oxygens (including phenoxy) is 2. The number of aryl methyl sites for hydroxylation is 1. The number of esters is 1. The second-order valence-electron chi connectivity index (χ2n) is 7.80. The first-order valence-corrected chi connectivity index (χ1v) is 10.8. The Morgan fingerprint density at radius 2 is 1.62 bits per heavy atom. The molecule has 9 heteroatoms. The van der Waals surface area contributed by atoms with Gasteiger partial charge in [-0.15, -0.1) is 13.2 Å². The maximum atomic E-state index is 14.5. The normalized spacial score (nSPS) is 11.6. The first-order valence-electron chi connectivity index (χ1n) is 10.8. The Kier molecular flexibility index (Phi) is 8.06. The van der Waals surface area contributed by atoms with Crippen molar-refractivity contribution in [2.75, 3.05) is 0 Å². The smallest absolute Gasteiger partial charge is 0.423 e. The molecule has 0 spiro atoms. The molecule has 0 bridgehead atoms. The number of carbonyl (C=O) groups is 1. The van der Waals surface area contributed by atoms with Gasteiger partial charge >= 0.3 is 12.3 Å². The van der Waals surface area contributed by atoms with Crippen LogP contribution in [-0.4, -0.2) is 12.3 Å². The van der Waals surface area contributed by atoms with Crippen molar-refractivity contribution in [1.82, 2.24) is 0 Å². The number of carbonyl (C=O) groups excluding carboxylic acids is 1. The first-order chi connectivity index (χ1) is 16.1. The summed E-state index contributed by atoms with van der Waals surface area (Å²) >= 11 is 0. The van der Waals surface area contributed by atoms with Gasteiger partial charge in [-0.1, -0.05) is 38.7 Å². The Hall–Kier alpha value is -3.23. The lowest BCUT2D eigenvalue weighted by atomic mass is 10.0. The van der Waals surface area contributed by atoms with Crippen molar-refractivity contribution < 1.29 is 40.6 Å². The third kappa shape index (κ3) is 6.42. The van der Waals surface area contributed by atoms with Crippen LogP contribution >= 0.6 is 0 Å². The average molecular weight is 484 g/mol. The van der Waals surface area contributed by atoms with E-state index in [0.29, 0.717) is 12.5 Å². The zero-order valence-corrected chi connectivity index (χ0v) is 18.3. The Morgan fingerprint density at radius 3 is 2.29 bits per heavy atom. The zero-order chi connectivity index (χ0) is 24.9. The molecule has 0 amide bonds. The van der Waals surface area contributed by atoms with E-state index in [1.165, 1.54) is 12.1 Å². The van der Waals surface area contributed by atoms with Crippen LogP contribution in [0, 0.1) is 17.5 Å². The summed E-state index contributed by atoms with van der Waals surface area (Å²) in [4.78, 5) is 12.4. The van der Waals surface area contributed by atoms with Gasteiger partial charge in [-0.2, -0.15) is 0 Å². The van der Waals surface area contributed by atoms with E-state index in [9.17, 15) is 31.1 Å². The lowest BCUT2D eigenvalue weighted by molar-refractivity contribution is -0.276. The topological polar surface area (TPSA) is 35.5 Å². The largest absolute Gasteiger partial charge is 0.573 e. The van der Waals surface area contributed by atoms with E-state index in [1.807, 2.05) is 0 Å². The van der Waals surface area contributed by atoms with Gasteiger partial charge in [-0.25, -0.2) is 18.0 Å². The highest BCUT2D eigenvalue weighted by Crippen LogP contribution is 2.35. The third-order valence-corrected chi connectivity index (χ3v) is 5.21. The van der Waals surface area contributed by atoms with Gasteiger partial charge in [0.1, 0.15) is 11.6 Å². The third-order valence-electron chi connectivity index (χ3n) is 5.21. The molecule has 3 aromatic carbocycles. The molecule has 0 heterocycles. The molecule has 0 aliphatic rings.